The molecule has 0 aliphatic rings. The number of rotatable bonds is 5. The van der Waals surface area contributed by atoms with Gasteiger partial charge in [-0.05, 0) is 43.0 Å². The van der Waals surface area contributed by atoms with Crippen molar-refractivity contribution in [1.82, 2.24) is 4.31 Å². The van der Waals surface area contributed by atoms with Gasteiger partial charge in [-0.25, -0.2) is 8.42 Å². The average Bonchev–Trinajstić information content (AvgIpc) is 2.36. The van der Waals surface area contributed by atoms with E-state index < -0.39 is 10.0 Å². The van der Waals surface area contributed by atoms with Gasteiger partial charge in [0.1, 0.15) is 0 Å². The molecule has 108 valence electrons. The van der Waals surface area contributed by atoms with Crippen LogP contribution in [0.2, 0.25) is 0 Å². The maximum absolute atomic E-state index is 12.5. The third-order valence-corrected chi connectivity index (χ3v) is 5.70. The topological polar surface area (TPSA) is 63.4 Å². The van der Waals surface area contributed by atoms with Crippen LogP contribution in [0.25, 0.3) is 0 Å². The average molecular weight is 284 g/mol. The summed E-state index contributed by atoms with van der Waals surface area (Å²) in [4.78, 5) is 0.313. The van der Waals surface area contributed by atoms with E-state index in [0.717, 1.165) is 11.1 Å². The van der Waals surface area contributed by atoms with E-state index in [4.69, 9.17) is 5.73 Å². The van der Waals surface area contributed by atoms with Crippen LogP contribution in [0.5, 0.6) is 0 Å². The zero-order valence-electron chi connectivity index (χ0n) is 12.3. The Labute approximate surface area is 116 Å². The van der Waals surface area contributed by atoms with Crippen LogP contribution in [-0.2, 0) is 16.6 Å². The number of hydrogen-bond donors (Lipinski definition) is 1. The van der Waals surface area contributed by atoms with Crippen molar-refractivity contribution in [1.29, 1.82) is 0 Å². The molecule has 0 saturated heterocycles. The minimum absolute atomic E-state index is 0.0485. The second kappa shape index (κ2) is 6.03. The molecule has 0 radical (unpaired) electrons. The Hall–Kier alpha value is -0.910. The summed E-state index contributed by atoms with van der Waals surface area (Å²) >= 11 is 0. The van der Waals surface area contributed by atoms with Crippen molar-refractivity contribution in [3.05, 3.63) is 29.3 Å². The molecule has 0 aromatic heterocycles. The van der Waals surface area contributed by atoms with E-state index >= 15 is 0 Å². The Morgan fingerprint density at radius 1 is 1.26 bits per heavy atom. The van der Waals surface area contributed by atoms with Crippen LogP contribution < -0.4 is 5.73 Å². The Bertz CT molecular complexity index is 538. The van der Waals surface area contributed by atoms with Crippen molar-refractivity contribution in [3.63, 3.8) is 0 Å². The fourth-order valence-corrected chi connectivity index (χ4v) is 3.38. The highest BCUT2D eigenvalue weighted by atomic mass is 32.2. The van der Waals surface area contributed by atoms with Gasteiger partial charge < -0.3 is 5.73 Å². The molecule has 1 aromatic rings. The second-order valence-corrected chi connectivity index (χ2v) is 7.30. The lowest BCUT2D eigenvalue weighted by atomic mass is 10.1. The molecule has 5 heteroatoms. The molecule has 0 spiro atoms. The van der Waals surface area contributed by atoms with E-state index in [1.807, 2.05) is 33.8 Å². The van der Waals surface area contributed by atoms with Crippen LogP contribution in [0, 0.1) is 12.8 Å². The number of nitrogens with zero attached hydrogens (tertiary/aromatic N) is 1. The van der Waals surface area contributed by atoms with Crippen LogP contribution in [-0.4, -0.2) is 25.8 Å². The molecule has 19 heavy (non-hydrogen) atoms. The van der Waals surface area contributed by atoms with E-state index in [9.17, 15) is 8.42 Å². The number of hydrogen-bond acceptors (Lipinski definition) is 3. The summed E-state index contributed by atoms with van der Waals surface area (Å²) in [7, 11) is -1.83. The van der Waals surface area contributed by atoms with E-state index in [0.29, 0.717) is 11.4 Å². The summed E-state index contributed by atoms with van der Waals surface area (Å²) < 4.78 is 26.5. The van der Waals surface area contributed by atoms with Gasteiger partial charge in [0.05, 0.1) is 4.90 Å². The molecule has 1 atom stereocenters. The summed E-state index contributed by atoms with van der Waals surface area (Å²) in [6.07, 6.45) is 0. The summed E-state index contributed by atoms with van der Waals surface area (Å²) in [5.74, 6) is 0.263. The second-order valence-electron chi connectivity index (χ2n) is 5.30. The zero-order valence-corrected chi connectivity index (χ0v) is 13.2. The normalized spacial score (nSPS) is 14.1. The summed E-state index contributed by atoms with van der Waals surface area (Å²) in [5, 5.41) is 0. The van der Waals surface area contributed by atoms with E-state index in [1.165, 1.54) is 4.31 Å². The maximum atomic E-state index is 12.5. The van der Waals surface area contributed by atoms with Crippen LogP contribution >= 0.6 is 0 Å². The van der Waals surface area contributed by atoms with E-state index in [2.05, 4.69) is 0 Å². The highest BCUT2D eigenvalue weighted by molar-refractivity contribution is 7.89. The minimum Gasteiger partial charge on any atom is -0.326 e. The van der Waals surface area contributed by atoms with Crippen molar-refractivity contribution in [2.75, 3.05) is 7.05 Å². The molecule has 1 unspecified atom stereocenters. The van der Waals surface area contributed by atoms with E-state index in [-0.39, 0.29) is 12.0 Å². The molecular formula is C14H24N2O2S. The van der Waals surface area contributed by atoms with Crippen molar-refractivity contribution < 1.29 is 8.42 Å². The van der Waals surface area contributed by atoms with Gasteiger partial charge in [0.25, 0.3) is 0 Å². The maximum Gasteiger partial charge on any atom is 0.243 e. The molecule has 0 fully saturated rings. The standard InChI is InChI=1S/C14H24N2O2S/c1-10(2)12(4)16(5)19(17,18)14-7-6-11(3)13(8-14)9-15/h6-8,10,12H,9,15H2,1-5H3. The van der Waals surface area contributed by atoms with Crippen LogP contribution in [0.1, 0.15) is 31.9 Å². The molecule has 1 rings (SSSR count). The number of nitrogens with two attached hydrogens (primary N) is 1. The summed E-state index contributed by atoms with van der Waals surface area (Å²) in [6, 6.07) is 5.08. The van der Waals surface area contributed by atoms with Gasteiger partial charge in [-0.3, -0.25) is 0 Å². The monoisotopic (exact) mass is 284 g/mol. The quantitative estimate of drug-likeness (QED) is 0.901. The molecule has 1 aromatic carbocycles. The summed E-state index contributed by atoms with van der Waals surface area (Å²) in [5.41, 5.74) is 7.52. The number of benzene rings is 1. The third-order valence-electron chi connectivity index (χ3n) is 3.76. The molecule has 4 nitrogen and oxygen atoms in total. The first-order valence-corrected chi connectivity index (χ1v) is 7.93. The fraction of sp³-hybridized carbons (Fsp3) is 0.571. The molecule has 0 saturated carbocycles. The first-order valence-electron chi connectivity index (χ1n) is 6.49. The number of aryl methyl sites for hydroxylation is 1. The van der Waals surface area contributed by atoms with Gasteiger partial charge in [-0.15, -0.1) is 0 Å². The van der Waals surface area contributed by atoms with Crippen LogP contribution in [0.3, 0.4) is 0 Å². The lowest BCUT2D eigenvalue weighted by Crippen LogP contribution is -2.38. The van der Waals surface area contributed by atoms with E-state index in [1.54, 1.807) is 19.2 Å². The zero-order chi connectivity index (χ0) is 14.8. The highest BCUT2D eigenvalue weighted by Crippen LogP contribution is 2.22. The fourth-order valence-electron chi connectivity index (χ4n) is 1.83. The predicted molar refractivity (Wildman–Crippen MR) is 78.3 cm³/mol. The molecular weight excluding hydrogens is 260 g/mol. The smallest absolute Gasteiger partial charge is 0.243 e. The first kappa shape index (κ1) is 16.1. The van der Waals surface area contributed by atoms with Crippen LogP contribution in [0.4, 0.5) is 0 Å². The Kier molecular flexibility index (Phi) is 5.12. The van der Waals surface area contributed by atoms with Gasteiger partial charge in [0.2, 0.25) is 10.0 Å². The number of sulfonamides is 1. The van der Waals surface area contributed by atoms with Crippen LogP contribution in [0.15, 0.2) is 23.1 Å². The molecule has 0 heterocycles. The molecule has 0 aliphatic carbocycles. The molecule has 0 bridgehead atoms. The summed E-state index contributed by atoms with van der Waals surface area (Å²) in [6.45, 7) is 8.21. The SMILES string of the molecule is Cc1ccc(S(=O)(=O)N(C)C(C)C(C)C)cc1CN. The highest BCUT2D eigenvalue weighted by Gasteiger charge is 2.27. The Morgan fingerprint density at radius 3 is 2.32 bits per heavy atom. The predicted octanol–water partition coefficient (Wildman–Crippen LogP) is 2.12. The van der Waals surface area contributed by atoms with Crippen molar-refractivity contribution in [3.8, 4) is 0 Å². The molecule has 2 N–H and O–H groups in total. The van der Waals surface area contributed by atoms with Gasteiger partial charge in [0.15, 0.2) is 0 Å². The van der Waals surface area contributed by atoms with Crippen molar-refractivity contribution in [2.24, 2.45) is 11.7 Å². The first-order chi connectivity index (χ1) is 8.71. The largest absolute Gasteiger partial charge is 0.326 e. The lowest BCUT2D eigenvalue weighted by Gasteiger charge is -2.27. The minimum atomic E-state index is -3.45. The Morgan fingerprint density at radius 2 is 1.84 bits per heavy atom. The van der Waals surface area contributed by atoms with Crippen molar-refractivity contribution >= 4 is 10.0 Å². The van der Waals surface area contributed by atoms with Crippen molar-refractivity contribution in [2.45, 2.75) is 45.2 Å². The van der Waals surface area contributed by atoms with Gasteiger partial charge in [-0.2, -0.15) is 4.31 Å². The molecule has 0 aliphatic heterocycles. The Balaban J connectivity index is 3.20. The van der Waals surface area contributed by atoms with Gasteiger partial charge in [-0.1, -0.05) is 19.9 Å². The van der Waals surface area contributed by atoms with Gasteiger partial charge in [0, 0.05) is 19.6 Å². The third kappa shape index (κ3) is 3.35. The molecule has 0 amide bonds. The van der Waals surface area contributed by atoms with Gasteiger partial charge >= 0.3 is 0 Å². The lowest BCUT2D eigenvalue weighted by molar-refractivity contribution is 0.316.